The van der Waals surface area contributed by atoms with Crippen molar-refractivity contribution < 1.29 is 19.5 Å². The molecule has 0 fully saturated rings. The molecule has 0 bridgehead atoms. The molecule has 0 aromatic carbocycles. The number of rotatable bonds is 4. The second-order valence-electron chi connectivity index (χ2n) is 3.78. The fraction of sp³-hybridized carbons (Fsp3) is 0.500. The molecule has 0 radical (unpaired) electrons. The van der Waals surface area contributed by atoms with Gasteiger partial charge in [-0.1, -0.05) is 6.92 Å². The molecule has 0 aliphatic carbocycles. The van der Waals surface area contributed by atoms with E-state index in [9.17, 15) is 14.4 Å². The zero-order chi connectivity index (χ0) is 11.6. The SMILES string of the molecule is CC1=CC(=O)N(CC(C)CC(=O)O)C1=O. The standard InChI is InChI=1S/C10H13NO4/c1-6(3-9(13)14)5-11-8(12)4-7(2)10(11)15/h4,6H,3,5H2,1-2H3,(H,13,14). The number of carbonyl (C=O) groups is 3. The largest absolute Gasteiger partial charge is 0.481 e. The highest BCUT2D eigenvalue weighted by atomic mass is 16.4. The first-order chi connectivity index (χ1) is 6.91. The maximum absolute atomic E-state index is 11.4. The van der Waals surface area contributed by atoms with E-state index < -0.39 is 5.97 Å². The molecule has 0 spiro atoms. The maximum atomic E-state index is 11.4. The lowest BCUT2D eigenvalue weighted by Crippen LogP contribution is -2.35. The second kappa shape index (κ2) is 4.25. The number of carboxylic acid groups (broad SMARTS) is 1. The number of carbonyl (C=O) groups excluding carboxylic acids is 2. The summed E-state index contributed by atoms with van der Waals surface area (Å²) >= 11 is 0. The van der Waals surface area contributed by atoms with Gasteiger partial charge in [-0.15, -0.1) is 0 Å². The zero-order valence-electron chi connectivity index (χ0n) is 8.69. The van der Waals surface area contributed by atoms with E-state index in [0.29, 0.717) is 5.57 Å². The molecule has 5 nitrogen and oxygen atoms in total. The van der Waals surface area contributed by atoms with E-state index in [4.69, 9.17) is 5.11 Å². The Hall–Kier alpha value is -1.65. The first-order valence-corrected chi connectivity index (χ1v) is 4.67. The average Bonchev–Trinajstić information content (AvgIpc) is 2.31. The van der Waals surface area contributed by atoms with Gasteiger partial charge in [-0.05, 0) is 12.8 Å². The maximum Gasteiger partial charge on any atom is 0.303 e. The lowest BCUT2D eigenvalue weighted by atomic mass is 10.1. The first kappa shape index (κ1) is 11.4. The van der Waals surface area contributed by atoms with Crippen molar-refractivity contribution >= 4 is 17.8 Å². The quantitative estimate of drug-likeness (QED) is 0.683. The summed E-state index contributed by atoms with van der Waals surface area (Å²) in [5, 5.41) is 8.54. The Morgan fingerprint density at radius 1 is 1.53 bits per heavy atom. The smallest absolute Gasteiger partial charge is 0.303 e. The Morgan fingerprint density at radius 2 is 2.13 bits per heavy atom. The molecule has 1 unspecified atom stereocenters. The molecule has 2 amide bonds. The molecule has 1 aliphatic rings. The van der Waals surface area contributed by atoms with Gasteiger partial charge in [0.25, 0.3) is 11.8 Å². The summed E-state index contributed by atoms with van der Waals surface area (Å²) < 4.78 is 0. The zero-order valence-corrected chi connectivity index (χ0v) is 8.69. The Labute approximate surface area is 87.4 Å². The van der Waals surface area contributed by atoms with Crippen LogP contribution in [-0.4, -0.2) is 34.3 Å². The topological polar surface area (TPSA) is 74.7 Å². The summed E-state index contributed by atoms with van der Waals surface area (Å²) in [6.45, 7) is 3.43. The lowest BCUT2D eigenvalue weighted by Gasteiger charge is -2.18. The van der Waals surface area contributed by atoms with Gasteiger partial charge in [-0.2, -0.15) is 0 Å². The number of nitrogens with zero attached hydrogens (tertiary/aromatic N) is 1. The van der Waals surface area contributed by atoms with Gasteiger partial charge in [0.15, 0.2) is 0 Å². The summed E-state index contributed by atoms with van der Waals surface area (Å²) in [6, 6.07) is 0. The van der Waals surface area contributed by atoms with Gasteiger partial charge in [-0.25, -0.2) is 0 Å². The van der Waals surface area contributed by atoms with Crippen LogP contribution >= 0.6 is 0 Å². The number of hydrogen-bond donors (Lipinski definition) is 1. The lowest BCUT2D eigenvalue weighted by molar-refractivity contribution is -0.142. The normalized spacial score (nSPS) is 18.0. The summed E-state index contributed by atoms with van der Waals surface area (Å²) in [5.41, 5.74) is 0.405. The number of imide groups is 1. The fourth-order valence-corrected chi connectivity index (χ4v) is 1.49. The number of amides is 2. The van der Waals surface area contributed by atoms with Crippen LogP contribution < -0.4 is 0 Å². The van der Waals surface area contributed by atoms with Gasteiger partial charge in [0.1, 0.15) is 0 Å². The van der Waals surface area contributed by atoms with Crippen LogP contribution in [0.1, 0.15) is 20.3 Å². The molecule has 82 valence electrons. The molecule has 0 aromatic heterocycles. The van der Waals surface area contributed by atoms with Gasteiger partial charge in [0.05, 0.1) is 0 Å². The first-order valence-electron chi connectivity index (χ1n) is 4.67. The highest BCUT2D eigenvalue weighted by molar-refractivity contribution is 6.15. The van der Waals surface area contributed by atoms with Gasteiger partial charge >= 0.3 is 5.97 Å². The molecule has 1 N–H and O–H groups in total. The van der Waals surface area contributed by atoms with E-state index in [1.165, 1.54) is 6.08 Å². The Morgan fingerprint density at radius 3 is 2.53 bits per heavy atom. The minimum Gasteiger partial charge on any atom is -0.481 e. The van der Waals surface area contributed by atoms with Crippen LogP contribution in [0.2, 0.25) is 0 Å². The highest BCUT2D eigenvalue weighted by Crippen LogP contribution is 2.15. The third-order valence-electron chi connectivity index (χ3n) is 2.21. The van der Waals surface area contributed by atoms with E-state index in [2.05, 4.69) is 0 Å². The van der Waals surface area contributed by atoms with Crippen LogP contribution in [0.15, 0.2) is 11.6 Å². The molecule has 0 saturated heterocycles. The van der Waals surface area contributed by atoms with Crippen molar-refractivity contribution in [1.82, 2.24) is 4.90 Å². The number of carboxylic acids is 1. The van der Waals surface area contributed by atoms with Crippen LogP contribution in [0, 0.1) is 5.92 Å². The molecular weight excluding hydrogens is 198 g/mol. The summed E-state index contributed by atoms with van der Waals surface area (Å²) in [5.74, 6) is -1.83. The molecule has 15 heavy (non-hydrogen) atoms. The van der Waals surface area contributed by atoms with Crippen LogP contribution in [0.4, 0.5) is 0 Å². The second-order valence-corrected chi connectivity index (χ2v) is 3.78. The molecular formula is C10H13NO4. The average molecular weight is 211 g/mol. The van der Waals surface area contributed by atoms with Crippen molar-refractivity contribution in [3.63, 3.8) is 0 Å². The van der Waals surface area contributed by atoms with Crippen LogP contribution in [-0.2, 0) is 14.4 Å². The molecule has 1 atom stereocenters. The third-order valence-corrected chi connectivity index (χ3v) is 2.21. The van der Waals surface area contributed by atoms with Crippen molar-refractivity contribution in [2.24, 2.45) is 5.92 Å². The predicted molar refractivity (Wildman–Crippen MR) is 51.9 cm³/mol. The van der Waals surface area contributed by atoms with Gasteiger partial charge in [-0.3, -0.25) is 19.3 Å². The van der Waals surface area contributed by atoms with Crippen LogP contribution in [0.25, 0.3) is 0 Å². The third kappa shape index (κ3) is 2.65. The molecule has 5 heteroatoms. The summed E-state index contributed by atoms with van der Waals surface area (Å²) in [4.78, 5) is 34.2. The Kier molecular flexibility index (Phi) is 3.24. The minimum absolute atomic E-state index is 0.0455. The highest BCUT2D eigenvalue weighted by Gasteiger charge is 2.29. The van der Waals surface area contributed by atoms with Crippen LogP contribution in [0.3, 0.4) is 0 Å². The van der Waals surface area contributed by atoms with E-state index in [-0.39, 0.29) is 30.7 Å². The Bertz CT molecular complexity index is 345. The van der Waals surface area contributed by atoms with Crippen molar-refractivity contribution in [2.45, 2.75) is 20.3 Å². The van der Waals surface area contributed by atoms with Crippen molar-refractivity contribution in [2.75, 3.05) is 6.54 Å². The molecule has 1 aliphatic heterocycles. The number of aliphatic carboxylic acids is 1. The van der Waals surface area contributed by atoms with Crippen molar-refractivity contribution in [3.8, 4) is 0 Å². The van der Waals surface area contributed by atoms with E-state index >= 15 is 0 Å². The van der Waals surface area contributed by atoms with E-state index in [0.717, 1.165) is 4.90 Å². The van der Waals surface area contributed by atoms with Crippen LogP contribution in [0.5, 0.6) is 0 Å². The van der Waals surface area contributed by atoms with Crippen molar-refractivity contribution in [1.29, 1.82) is 0 Å². The van der Waals surface area contributed by atoms with E-state index in [1.807, 2.05) is 0 Å². The molecule has 0 saturated carbocycles. The summed E-state index contributed by atoms with van der Waals surface area (Å²) in [6.07, 6.45) is 1.23. The summed E-state index contributed by atoms with van der Waals surface area (Å²) in [7, 11) is 0. The fourth-order valence-electron chi connectivity index (χ4n) is 1.49. The molecule has 1 heterocycles. The molecule has 0 aromatic rings. The van der Waals surface area contributed by atoms with Gasteiger partial charge in [0, 0.05) is 24.6 Å². The predicted octanol–water partition coefficient (Wildman–Crippen LogP) is 0.412. The van der Waals surface area contributed by atoms with Crippen molar-refractivity contribution in [3.05, 3.63) is 11.6 Å². The Balaban J connectivity index is 2.57. The minimum atomic E-state index is -0.925. The monoisotopic (exact) mass is 211 g/mol. The van der Waals surface area contributed by atoms with E-state index in [1.54, 1.807) is 13.8 Å². The van der Waals surface area contributed by atoms with Gasteiger partial charge in [0.2, 0.25) is 0 Å². The van der Waals surface area contributed by atoms with Gasteiger partial charge < -0.3 is 5.11 Å². The molecule has 1 rings (SSSR count). The number of hydrogen-bond acceptors (Lipinski definition) is 3.